The highest BCUT2D eigenvalue weighted by molar-refractivity contribution is 7.88. The van der Waals surface area contributed by atoms with Crippen molar-refractivity contribution in [2.24, 2.45) is 5.92 Å². The fourth-order valence-electron chi connectivity index (χ4n) is 5.95. The highest BCUT2D eigenvalue weighted by Gasteiger charge is 2.40. The van der Waals surface area contributed by atoms with E-state index in [1.54, 1.807) is 4.90 Å². The van der Waals surface area contributed by atoms with Gasteiger partial charge in [0.05, 0.1) is 25.4 Å². The number of piperazine rings is 1. The molecule has 1 saturated carbocycles. The predicted molar refractivity (Wildman–Crippen MR) is 149 cm³/mol. The summed E-state index contributed by atoms with van der Waals surface area (Å²) in [5, 5.41) is 18.0. The van der Waals surface area contributed by atoms with Crippen molar-refractivity contribution in [1.82, 2.24) is 24.7 Å². The highest BCUT2D eigenvalue weighted by atomic mass is 32.2. The third-order valence-electron chi connectivity index (χ3n) is 8.21. The van der Waals surface area contributed by atoms with E-state index in [0.29, 0.717) is 38.9 Å². The van der Waals surface area contributed by atoms with E-state index in [4.69, 9.17) is 0 Å². The summed E-state index contributed by atoms with van der Waals surface area (Å²) >= 11 is 1.52. The van der Waals surface area contributed by atoms with Crippen LogP contribution in [0.25, 0.3) is 0 Å². The second kappa shape index (κ2) is 13.4. The van der Waals surface area contributed by atoms with Crippen LogP contribution in [0, 0.1) is 5.92 Å². The van der Waals surface area contributed by atoms with Crippen molar-refractivity contribution < 1.29 is 27.9 Å². The van der Waals surface area contributed by atoms with Crippen LogP contribution in [0.1, 0.15) is 56.2 Å². The molecule has 3 fully saturated rings. The molecular formula is C26H41N5O6S2. The van der Waals surface area contributed by atoms with Gasteiger partial charge >= 0.3 is 6.09 Å². The number of nitrogens with one attached hydrogen (secondary N) is 2. The molecule has 0 radical (unpaired) electrons. The molecule has 3 N–H and O–H groups in total. The van der Waals surface area contributed by atoms with Crippen LogP contribution >= 0.6 is 11.3 Å². The molecule has 1 aliphatic carbocycles. The number of amides is 3. The molecule has 0 unspecified atom stereocenters. The topological polar surface area (TPSA) is 139 Å². The van der Waals surface area contributed by atoms with Crippen molar-refractivity contribution in [1.29, 1.82) is 0 Å². The largest absolute Gasteiger partial charge is 0.465 e. The minimum absolute atomic E-state index is 0.0692. The fraction of sp³-hybridized carbons (Fsp3) is 0.731. The maximum atomic E-state index is 14.1. The summed E-state index contributed by atoms with van der Waals surface area (Å²) in [6.45, 7) is 1.44. The zero-order valence-electron chi connectivity index (χ0n) is 22.6. The number of sulfonamides is 1. The molecule has 13 heteroatoms. The van der Waals surface area contributed by atoms with Crippen LogP contribution in [0.3, 0.4) is 0 Å². The van der Waals surface area contributed by atoms with Crippen LogP contribution < -0.4 is 10.6 Å². The first-order valence-corrected chi connectivity index (χ1v) is 16.6. The van der Waals surface area contributed by atoms with Gasteiger partial charge in [-0.2, -0.15) is 0 Å². The van der Waals surface area contributed by atoms with Gasteiger partial charge in [-0.15, -0.1) is 11.3 Å². The molecule has 11 nitrogen and oxygen atoms in total. The zero-order chi connectivity index (χ0) is 28.0. The van der Waals surface area contributed by atoms with Crippen molar-refractivity contribution in [2.75, 3.05) is 39.0 Å². The van der Waals surface area contributed by atoms with Crippen molar-refractivity contribution in [3.05, 3.63) is 22.4 Å². The molecular weight excluding hydrogens is 542 g/mol. The Labute approximate surface area is 235 Å². The van der Waals surface area contributed by atoms with E-state index in [2.05, 4.69) is 10.6 Å². The van der Waals surface area contributed by atoms with Crippen LogP contribution in [-0.4, -0.2) is 103 Å². The number of carbonyl (C=O) groups is 3. The van der Waals surface area contributed by atoms with Crippen LogP contribution in [0.15, 0.2) is 17.5 Å². The first-order valence-electron chi connectivity index (χ1n) is 13.9. The van der Waals surface area contributed by atoms with Crippen LogP contribution in [0.4, 0.5) is 4.79 Å². The molecule has 0 aromatic carbocycles. The monoisotopic (exact) mass is 583 g/mol. The van der Waals surface area contributed by atoms with E-state index < -0.39 is 28.2 Å². The van der Waals surface area contributed by atoms with Crippen LogP contribution in [0.2, 0.25) is 0 Å². The Bertz CT molecular complexity index is 1080. The van der Waals surface area contributed by atoms with Gasteiger partial charge in [0.15, 0.2) is 0 Å². The Morgan fingerprint density at radius 3 is 2.41 bits per heavy atom. The summed E-state index contributed by atoms with van der Waals surface area (Å²) in [6.07, 6.45) is 7.44. The lowest BCUT2D eigenvalue weighted by Gasteiger charge is -2.42. The molecule has 218 valence electrons. The minimum Gasteiger partial charge on any atom is -0.465 e. The number of hydrogen-bond acceptors (Lipinski definition) is 7. The van der Waals surface area contributed by atoms with Gasteiger partial charge in [-0.05, 0) is 49.5 Å². The summed E-state index contributed by atoms with van der Waals surface area (Å²) in [4.78, 5) is 42.9. The van der Waals surface area contributed by atoms with Crippen molar-refractivity contribution in [3.8, 4) is 0 Å². The van der Waals surface area contributed by atoms with Crippen molar-refractivity contribution in [3.63, 3.8) is 0 Å². The highest BCUT2D eigenvalue weighted by Crippen LogP contribution is 2.27. The second-order valence-corrected chi connectivity index (χ2v) is 14.0. The van der Waals surface area contributed by atoms with Gasteiger partial charge in [0.1, 0.15) is 6.04 Å². The lowest BCUT2D eigenvalue weighted by molar-refractivity contribution is -0.145. The third kappa shape index (κ3) is 8.15. The van der Waals surface area contributed by atoms with Gasteiger partial charge in [0.2, 0.25) is 21.8 Å². The quantitative estimate of drug-likeness (QED) is 0.404. The Hall–Kier alpha value is -2.22. The number of nitrogens with zero attached hydrogens (tertiary/aromatic N) is 3. The summed E-state index contributed by atoms with van der Waals surface area (Å²) in [6, 6.07) is 2.61. The Balaban J connectivity index is 1.48. The molecule has 0 bridgehead atoms. The maximum Gasteiger partial charge on any atom is 0.407 e. The van der Waals surface area contributed by atoms with Gasteiger partial charge in [0, 0.05) is 37.1 Å². The maximum absolute atomic E-state index is 14.1. The van der Waals surface area contributed by atoms with E-state index in [-0.39, 0.29) is 43.4 Å². The molecule has 2 saturated heterocycles. The summed E-state index contributed by atoms with van der Waals surface area (Å²) in [5.41, 5.74) is 0. The molecule has 2 aliphatic heterocycles. The lowest BCUT2D eigenvalue weighted by atomic mass is 9.88. The number of carboxylic acid groups (broad SMARTS) is 1. The molecule has 1 aromatic heterocycles. The molecule has 4 rings (SSSR count). The number of hydrogen-bond donors (Lipinski definition) is 3. The number of rotatable bonds is 9. The second-order valence-electron chi connectivity index (χ2n) is 11.0. The van der Waals surface area contributed by atoms with Crippen LogP contribution in [-0.2, 0) is 26.2 Å². The minimum atomic E-state index is -3.24. The van der Waals surface area contributed by atoms with Gasteiger partial charge in [-0.3, -0.25) is 9.59 Å². The summed E-state index contributed by atoms with van der Waals surface area (Å²) in [7, 11) is -3.24. The van der Waals surface area contributed by atoms with Gasteiger partial charge in [-0.1, -0.05) is 25.3 Å². The standard InChI is InChI=1S/C26H41N5O6S2/c1-39(36,37)30-11-9-19(10-12-30)16-22(28-20-6-3-2-4-7-20)25(33)31-14-13-29(26(34)35)18-23(31)24(32)27-17-21-8-5-15-38-21/h5,8,15,19-20,22-23,28H,2-4,6-7,9-14,16-18H2,1H3,(H,27,32)(H,34,35)/t22-,23+/m1/s1. The smallest absolute Gasteiger partial charge is 0.407 e. The summed E-state index contributed by atoms with van der Waals surface area (Å²) < 4.78 is 25.4. The normalized spacial score (nSPS) is 22.9. The third-order valence-corrected chi connectivity index (χ3v) is 10.4. The first-order chi connectivity index (χ1) is 18.6. The molecule has 2 atom stereocenters. The molecule has 3 aliphatic rings. The van der Waals surface area contributed by atoms with E-state index in [1.807, 2.05) is 17.5 Å². The number of piperidine rings is 1. The van der Waals surface area contributed by atoms with E-state index in [1.165, 1.54) is 33.2 Å². The number of thiophene rings is 1. The Morgan fingerprint density at radius 2 is 1.79 bits per heavy atom. The molecule has 39 heavy (non-hydrogen) atoms. The van der Waals surface area contributed by atoms with Gasteiger partial charge in [-0.25, -0.2) is 17.5 Å². The lowest BCUT2D eigenvalue weighted by Crippen LogP contribution is -2.64. The SMILES string of the molecule is CS(=O)(=O)N1CCC(C[C@@H](NC2CCCCC2)C(=O)N2CCN(C(=O)O)C[C@H]2C(=O)NCc2cccs2)CC1. The van der Waals surface area contributed by atoms with Gasteiger partial charge in [0.25, 0.3) is 0 Å². The first kappa shape index (κ1) is 29.8. The number of carbonyl (C=O) groups excluding carboxylic acids is 2. The summed E-state index contributed by atoms with van der Waals surface area (Å²) in [5.74, 6) is -0.354. The molecule has 1 aromatic rings. The average Bonchev–Trinajstić information content (AvgIpc) is 3.45. The van der Waals surface area contributed by atoms with Crippen molar-refractivity contribution >= 4 is 39.3 Å². The zero-order valence-corrected chi connectivity index (χ0v) is 24.2. The van der Waals surface area contributed by atoms with E-state index in [0.717, 1.165) is 30.6 Å². The predicted octanol–water partition coefficient (Wildman–Crippen LogP) is 1.91. The molecule has 3 amide bonds. The molecule has 0 spiro atoms. The Kier molecular flexibility index (Phi) is 10.2. The van der Waals surface area contributed by atoms with E-state index >= 15 is 0 Å². The average molecular weight is 584 g/mol. The van der Waals surface area contributed by atoms with E-state index in [9.17, 15) is 27.9 Å². The van der Waals surface area contributed by atoms with Gasteiger partial charge < -0.3 is 25.5 Å². The van der Waals surface area contributed by atoms with Crippen LogP contribution in [0.5, 0.6) is 0 Å². The molecule has 3 heterocycles. The fourth-order valence-corrected chi connectivity index (χ4v) is 7.47. The Morgan fingerprint density at radius 1 is 1.08 bits per heavy atom. The van der Waals surface area contributed by atoms with Crippen molar-refractivity contribution in [2.45, 2.75) is 76.0 Å².